The maximum Gasteiger partial charge on any atom is 0.426 e. The molecule has 1 unspecified atom stereocenters. The van der Waals surface area contributed by atoms with Crippen LogP contribution in [0.4, 0.5) is 22.0 Å². The van der Waals surface area contributed by atoms with Crippen LogP contribution < -0.4 is 0 Å². The molecule has 0 N–H and O–H groups in total. The summed E-state index contributed by atoms with van der Waals surface area (Å²) in [6.07, 6.45) is 1.71. The fourth-order valence-corrected chi connectivity index (χ4v) is 5.99. The first-order chi connectivity index (χ1) is 17.5. The molecule has 37 heavy (non-hydrogen) atoms. The predicted octanol–water partition coefficient (Wildman–Crippen LogP) is 5.63. The van der Waals surface area contributed by atoms with Gasteiger partial charge in [0.05, 0.1) is 6.42 Å². The number of hydrogen-bond donors (Lipinski definition) is 0. The largest absolute Gasteiger partial charge is 0.426 e. The lowest BCUT2D eigenvalue weighted by atomic mass is 9.63. The van der Waals surface area contributed by atoms with Crippen molar-refractivity contribution in [3.05, 3.63) is 94.8 Å². The highest BCUT2D eigenvalue weighted by molar-refractivity contribution is 5.80. The molecular weight excluding hydrogens is 489 g/mol. The highest BCUT2D eigenvalue weighted by atomic mass is 19.4. The first-order valence-electron chi connectivity index (χ1n) is 12.2. The number of benzene rings is 2. The average molecular weight is 516 g/mol. The van der Waals surface area contributed by atoms with E-state index < -0.39 is 22.8 Å². The van der Waals surface area contributed by atoms with Crippen LogP contribution in [0.15, 0.2) is 61.2 Å². The second-order valence-corrected chi connectivity index (χ2v) is 10.1. The molecule has 194 valence electrons. The number of hydrogen-bond acceptors (Lipinski definition) is 3. The van der Waals surface area contributed by atoms with Crippen molar-refractivity contribution in [3.63, 3.8) is 0 Å². The number of alkyl halides is 4. The highest BCUT2D eigenvalue weighted by Crippen LogP contribution is 2.51. The molecule has 1 fully saturated rings. The molecular formula is C28H26F5N3O. The number of amides is 1. The van der Waals surface area contributed by atoms with Gasteiger partial charge in [0, 0.05) is 30.4 Å². The van der Waals surface area contributed by atoms with Crippen LogP contribution in [0.3, 0.4) is 0 Å². The van der Waals surface area contributed by atoms with Crippen LogP contribution in [0.1, 0.15) is 47.6 Å². The second-order valence-electron chi connectivity index (χ2n) is 10.1. The van der Waals surface area contributed by atoms with Gasteiger partial charge in [0.1, 0.15) is 12.1 Å². The Hall–Kier alpha value is -3.36. The second kappa shape index (κ2) is 9.19. The SMILES string of the molecule is CC(F)(c1ccc2c(c1)CC[C@H]1N(C(=O)Cc3cncnc3)CC[C@@]21Cc1ccc(F)cc1)C(F)(F)F. The van der Waals surface area contributed by atoms with Crippen molar-refractivity contribution in [2.24, 2.45) is 0 Å². The van der Waals surface area contributed by atoms with E-state index in [0.29, 0.717) is 50.3 Å². The van der Waals surface area contributed by atoms with Gasteiger partial charge in [-0.1, -0.05) is 30.3 Å². The fourth-order valence-electron chi connectivity index (χ4n) is 5.99. The first-order valence-corrected chi connectivity index (χ1v) is 12.2. The fraction of sp³-hybridized carbons (Fsp3) is 0.393. The molecule has 2 aromatic carbocycles. The number of aromatic nitrogens is 2. The zero-order valence-electron chi connectivity index (χ0n) is 20.2. The average Bonchev–Trinajstić information content (AvgIpc) is 3.24. The summed E-state index contributed by atoms with van der Waals surface area (Å²) in [6, 6.07) is 10.1. The normalized spacial score (nSPS) is 22.8. The number of fused-ring (bicyclic) bond motifs is 3. The Morgan fingerprint density at radius 1 is 1.05 bits per heavy atom. The molecule has 0 bridgehead atoms. The number of carbonyl (C=O) groups is 1. The molecule has 0 radical (unpaired) electrons. The first kappa shape index (κ1) is 25.3. The molecule has 0 saturated carbocycles. The van der Waals surface area contributed by atoms with Crippen molar-refractivity contribution < 1.29 is 26.7 Å². The lowest BCUT2D eigenvalue weighted by molar-refractivity contribution is -0.228. The van der Waals surface area contributed by atoms with Crippen molar-refractivity contribution in [2.45, 2.75) is 62.3 Å². The van der Waals surface area contributed by atoms with Gasteiger partial charge in [-0.15, -0.1) is 0 Å². The molecule has 2 aliphatic rings. The predicted molar refractivity (Wildman–Crippen MR) is 127 cm³/mol. The highest BCUT2D eigenvalue weighted by Gasteiger charge is 2.55. The molecule has 2 heterocycles. The molecule has 9 heteroatoms. The van der Waals surface area contributed by atoms with Crippen LogP contribution in [0.2, 0.25) is 0 Å². The lowest BCUT2D eigenvalue weighted by Gasteiger charge is -2.44. The number of likely N-dealkylation sites (tertiary alicyclic amines) is 1. The number of carbonyl (C=O) groups excluding carboxylic acids is 1. The molecule has 3 atom stereocenters. The Morgan fingerprint density at radius 3 is 2.43 bits per heavy atom. The van der Waals surface area contributed by atoms with Gasteiger partial charge in [0.15, 0.2) is 0 Å². The topological polar surface area (TPSA) is 46.1 Å². The van der Waals surface area contributed by atoms with Crippen molar-refractivity contribution in [3.8, 4) is 0 Å². The minimum atomic E-state index is -5.04. The Labute approximate surface area is 211 Å². The van der Waals surface area contributed by atoms with Crippen LogP contribution in [-0.4, -0.2) is 39.5 Å². The summed E-state index contributed by atoms with van der Waals surface area (Å²) in [5.74, 6) is -0.441. The Morgan fingerprint density at radius 2 is 1.76 bits per heavy atom. The number of rotatable bonds is 5. The van der Waals surface area contributed by atoms with Crippen molar-refractivity contribution >= 4 is 5.91 Å². The van der Waals surface area contributed by atoms with Gasteiger partial charge in [-0.25, -0.2) is 18.7 Å². The van der Waals surface area contributed by atoms with Gasteiger partial charge in [-0.05, 0) is 72.6 Å². The van der Waals surface area contributed by atoms with E-state index in [4.69, 9.17) is 0 Å². The number of halogens is 5. The van der Waals surface area contributed by atoms with Gasteiger partial charge in [0.25, 0.3) is 0 Å². The number of aryl methyl sites for hydroxylation is 1. The summed E-state index contributed by atoms with van der Waals surface area (Å²) >= 11 is 0. The van der Waals surface area contributed by atoms with Crippen LogP contribution in [0.5, 0.6) is 0 Å². The lowest BCUT2D eigenvalue weighted by Crippen LogP contribution is -2.49. The Kier molecular flexibility index (Phi) is 6.28. The Balaban J connectivity index is 1.54. The Bertz CT molecular complexity index is 1290. The van der Waals surface area contributed by atoms with Gasteiger partial charge in [0.2, 0.25) is 11.6 Å². The van der Waals surface area contributed by atoms with Crippen LogP contribution >= 0.6 is 0 Å². The summed E-state index contributed by atoms with van der Waals surface area (Å²) in [7, 11) is 0. The van der Waals surface area contributed by atoms with E-state index in [1.807, 2.05) is 4.90 Å². The summed E-state index contributed by atoms with van der Waals surface area (Å²) in [5, 5.41) is 0. The molecule has 4 nitrogen and oxygen atoms in total. The van der Waals surface area contributed by atoms with Gasteiger partial charge >= 0.3 is 6.18 Å². The third-order valence-corrected chi connectivity index (χ3v) is 7.94. The van der Waals surface area contributed by atoms with Gasteiger partial charge < -0.3 is 4.90 Å². The van der Waals surface area contributed by atoms with Crippen molar-refractivity contribution in [1.82, 2.24) is 14.9 Å². The van der Waals surface area contributed by atoms with E-state index in [1.165, 1.54) is 30.6 Å². The summed E-state index contributed by atoms with van der Waals surface area (Å²) < 4.78 is 68.7. The molecule has 1 saturated heterocycles. The van der Waals surface area contributed by atoms with E-state index in [0.717, 1.165) is 11.1 Å². The molecule has 3 aromatic rings. The van der Waals surface area contributed by atoms with Crippen LogP contribution in [0.25, 0.3) is 0 Å². The van der Waals surface area contributed by atoms with E-state index in [-0.39, 0.29) is 24.2 Å². The molecule has 1 amide bonds. The minimum absolute atomic E-state index is 0.0748. The monoisotopic (exact) mass is 515 g/mol. The summed E-state index contributed by atoms with van der Waals surface area (Å²) in [6.45, 7) is 1.01. The van der Waals surface area contributed by atoms with Gasteiger partial charge in [-0.3, -0.25) is 4.79 Å². The van der Waals surface area contributed by atoms with Gasteiger partial charge in [-0.2, -0.15) is 13.2 Å². The molecule has 1 aliphatic heterocycles. The third-order valence-electron chi connectivity index (χ3n) is 7.94. The quantitative estimate of drug-likeness (QED) is 0.414. The maximum absolute atomic E-state index is 14.8. The standard InChI is InChI=1S/C28H26F5N3O/c1-26(30,28(31,32)33)21-5-8-23-20(13-21)4-9-24-27(23,14-18-2-6-22(29)7-3-18)10-11-36(24)25(37)12-19-15-34-17-35-16-19/h2-3,5-8,13,15-17,24H,4,9-12,14H2,1H3/t24-,26?,27-/m1/s1. The van der Waals surface area contributed by atoms with E-state index in [9.17, 15) is 26.7 Å². The van der Waals surface area contributed by atoms with Crippen LogP contribution in [0, 0.1) is 5.82 Å². The molecule has 5 rings (SSSR count). The van der Waals surface area contributed by atoms with E-state index >= 15 is 0 Å². The van der Waals surface area contributed by atoms with Crippen molar-refractivity contribution in [2.75, 3.05) is 6.54 Å². The zero-order chi connectivity index (χ0) is 26.4. The number of nitrogens with zero attached hydrogens (tertiary/aromatic N) is 3. The summed E-state index contributed by atoms with van der Waals surface area (Å²) in [4.78, 5) is 23.2. The minimum Gasteiger partial charge on any atom is -0.338 e. The molecule has 1 aromatic heterocycles. The third kappa shape index (κ3) is 4.49. The maximum atomic E-state index is 14.8. The molecule has 0 spiro atoms. The van der Waals surface area contributed by atoms with E-state index in [2.05, 4.69) is 9.97 Å². The summed E-state index contributed by atoms with van der Waals surface area (Å²) in [5.41, 5.74) is -1.44. The van der Waals surface area contributed by atoms with Crippen molar-refractivity contribution in [1.29, 1.82) is 0 Å². The van der Waals surface area contributed by atoms with E-state index in [1.54, 1.807) is 30.6 Å². The smallest absolute Gasteiger partial charge is 0.338 e. The molecule has 1 aliphatic carbocycles. The zero-order valence-corrected chi connectivity index (χ0v) is 20.2. The van der Waals surface area contributed by atoms with Crippen LogP contribution in [-0.2, 0) is 35.1 Å².